The van der Waals surface area contributed by atoms with E-state index >= 15 is 0 Å². The fourth-order valence-corrected chi connectivity index (χ4v) is 2.91. The molecule has 0 spiro atoms. The van der Waals surface area contributed by atoms with Crippen LogP contribution in [0.15, 0.2) is 23.6 Å². The Bertz CT molecular complexity index is 553. The van der Waals surface area contributed by atoms with Gasteiger partial charge in [-0.2, -0.15) is 0 Å². The van der Waals surface area contributed by atoms with Gasteiger partial charge in [0.15, 0.2) is 0 Å². The molecule has 0 fully saturated rings. The van der Waals surface area contributed by atoms with Crippen molar-refractivity contribution in [3.63, 3.8) is 0 Å². The maximum absolute atomic E-state index is 4.69. The summed E-state index contributed by atoms with van der Waals surface area (Å²) in [5.74, 6) is 0. The predicted octanol–water partition coefficient (Wildman–Crippen LogP) is 2.98. The summed E-state index contributed by atoms with van der Waals surface area (Å²) >= 11 is 1.73. The molecule has 0 radical (unpaired) electrons. The van der Waals surface area contributed by atoms with E-state index in [1.165, 1.54) is 0 Å². The largest absolute Gasteiger partial charge is 0.311 e. The van der Waals surface area contributed by atoms with Gasteiger partial charge in [-0.3, -0.25) is 9.88 Å². The lowest BCUT2D eigenvalue weighted by Gasteiger charge is -2.18. The van der Waals surface area contributed by atoms with Crippen LogP contribution in [-0.4, -0.2) is 28.0 Å². The normalized spacial score (nSPS) is 11.2. The first-order valence-electron chi connectivity index (χ1n) is 7.50. The van der Waals surface area contributed by atoms with Crippen molar-refractivity contribution in [2.24, 2.45) is 0 Å². The highest BCUT2D eigenvalue weighted by molar-refractivity contribution is 7.09. The Morgan fingerprint density at radius 2 is 1.95 bits per heavy atom. The quantitative estimate of drug-likeness (QED) is 0.814. The van der Waals surface area contributed by atoms with E-state index in [4.69, 9.17) is 0 Å². The van der Waals surface area contributed by atoms with Gasteiger partial charge >= 0.3 is 0 Å². The van der Waals surface area contributed by atoms with Gasteiger partial charge in [-0.05, 0) is 32.1 Å². The first-order chi connectivity index (χ1) is 10.2. The molecule has 5 heteroatoms. The lowest BCUT2D eigenvalue weighted by molar-refractivity contribution is 0.265. The molecule has 0 amide bonds. The highest BCUT2D eigenvalue weighted by atomic mass is 32.1. The third-order valence-electron chi connectivity index (χ3n) is 3.29. The topological polar surface area (TPSA) is 41.1 Å². The van der Waals surface area contributed by atoms with Crippen LogP contribution in [0.5, 0.6) is 0 Å². The van der Waals surface area contributed by atoms with Gasteiger partial charge in [0.2, 0.25) is 0 Å². The first kappa shape index (κ1) is 16.1. The van der Waals surface area contributed by atoms with Crippen LogP contribution in [-0.2, 0) is 19.6 Å². The van der Waals surface area contributed by atoms with E-state index in [9.17, 15) is 0 Å². The fourth-order valence-electron chi connectivity index (χ4n) is 2.16. The van der Waals surface area contributed by atoms with Crippen LogP contribution < -0.4 is 5.32 Å². The van der Waals surface area contributed by atoms with Crippen LogP contribution in [0.4, 0.5) is 0 Å². The summed E-state index contributed by atoms with van der Waals surface area (Å²) in [4.78, 5) is 11.6. The van der Waals surface area contributed by atoms with Gasteiger partial charge in [0.05, 0.1) is 11.4 Å². The summed E-state index contributed by atoms with van der Waals surface area (Å²) in [5.41, 5.74) is 3.35. The number of nitrogens with zero attached hydrogens (tertiary/aromatic N) is 3. The van der Waals surface area contributed by atoms with E-state index in [2.05, 4.69) is 51.5 Å². The van der Waals surface area contributed by atoms with E-state index in [0.29, 0.717) is 0 Å². The second-order valence-corrected chi connectivity index (χ2v) is 6.03. The van der Waals surface area contributed by atoms with E-state index in [0.717, 1.165) is 54.8 Å². The molecule has 2 rings (SSSR count). The van der Waals surface area contributed by atoms with Crippen LogP contribution in [0.2, 0.25) is 0 Å². The lowest BCUT2D eigenvalue weighted by Crippen LogP contribution is -2.23. The molecule has 1 N–H and O–H groups in total. The Hall–Kier alpha value is -1.30. The van der Waals surface area contributed by atoms with Crippen LogP contribution >= 0.6 is 11.3 Å². The van der Waals surface area contributed by atoms with Gasteiger partial charge in [-0.1, -0.05) is 19.9 Å². The Morgan fingerprint density at radius 3 is 2.67 bits per heavy atom. The number of thiazole rings is 1. The molecule has 2 heterocycles. The number of rotatable bonds is 8. The zero-order valence-electron chi connectivity index (χ0n) is 13.1. The third kappa shape index (κ3) is 5.19. The Labute approximate surface area is 131 Å². The summed E-state index contributed by atoms with van der Waals surface area (Å²) in [6.45, 7) is 10.9. The highest BCUT2D eigenvalue weighted by Crippen LogP contribution is 2.13. The summed E-state index contributed by atoms with van der Waals surface area (Å²) < 4.78 is 0. The monoisotopic (exact) mass is 304 g/mol. The Kier molecular flexibility index (Phi) is 6.29. The number of aromatic nitrogens is 2. The van der Waals surface area contributed by atoms with Gasteiger partial charge in [0.25, 0.3) is 0 Å². The van der Waals surface area contributed by atoms with Crippen molar-refractivity contribution in [2.45, 2.75) is 40.4 Å². The van der Waals surface area contributed by atoms with Crippen molar-refractivity contribution in [2.75, 3.05) is 13.1 Å². The molecule has 21 heavy (non-hydrogen) atoms. The van der Waals surface area contributed by atoms with E-state index in [1.807, 2.05) is 13.0 Å². The average molecular weight is 304 g/mol. The van der Waals surface area contributed by atoms with Crippen molar-refractivity contribution in [3.8, 4) is 0 Å². The van der Waals surface area contributed by atoms with Crippen molar-refractivity contribution in [3.05, 3.63) is 45.7 Å². The lowest BCUT2D eigenvalue weighted by atomic mass is 10.3. The van der Waals surface area contributed by atoms with E-state index in [-0.39, 0.29) is 0 Å². The minimum absolute atomic E-state index is 0.868. The van der Waals surface area contributed by atoms with Crippen LogP contribution in [0, 0.1) is 6.92 Å². The molecule has 0 saturated carbocycles. The van der Waals surface area contributed by atoms with Crippen LogP contribution in [0.1, 0.15) is 35.9 Å². The molecule has 0 aromatic carbocycles. The van der Waals surface area contributed by atoms with Crippen molar-refractivity contribution < 1.29 is 0 Å². The second kappa shape index (κ2) is 8.22. The Balaban J connectivity index is 1.94. The predicted molar refractivity (Wildman–Crippen MR) is 88.3 cm³/mol. The molecular formula is C16H24N4S. The molecule has 0 aliphatic carbocycles. The number of nitrogens with one attached hydrogen (secondary N) is 1. The van der Waals surface area contributed by atoms with Crippen molar-refractivity contribution in [1.82, 2.24) is 20.2 Å². The average Bonchev–Trinajstić information content (AvgIpc) is 2.92. The molecule has 0 aliphatic rings. The maximum Gasteiger partial charge on any atom is 0.107 e. The fraction of sp³-hybridized carbons (Fsp3) is 0.500. The zero-order chi connectivity index (χ0) is 15.1. The molecule has 0 saturated heterocycles. The molecule has 2 aromatic rings. The van der Waals surface area contributed by atoms with Crippen LogP contribution in [0.3, 0.4) is 0 Å². The molecule has 0 unspecified atom stereocenters. The van der Waals surface area contributed by atoms with Crippen molar-refractivity contribution >= 4 is 11.3 Å². The van der Waals surface area contributed by atoms with Gasteiger partial charge in [0.1, 0.15) is 5.01 Å². The Morgan fingerprint density at radius 1 is 1.14 bits per heavy atom. The van der Waals surface area contributed by atoms with Crippen LogP contribution in [0.25, 0.3) is 0 Å². The summed E-state index contributed by atoms with van der Waals surface area (Å²) in [7, 11) is 0. The number of pyridine rings is 1. The third-order valence-corrected chi connectivity index (χ3v) is 4.19. The van der Waals surface area contributed by atoms with Gasteiger partial charge < -0.3 is 5.32 Å². The smallest absolute Gasteiger partial charge is 0.107 e. The highest BCUT2D eigenvalue weighted by Gasteiger charge is 2.09. The SMILES string of the molecule is CCNCc1nc(CN(CC)Cc2cccc(C)n2)cs1. The minimum Gasteiger partial charge on any atom is -0.311 e. The van der Waals surface area contributed by atoms with Gasteiger partial charge in [0, 0.05) is 30.7 Å². The maximum atomic E-state index is 4.69. The minimum atomic E-state index is 0.868. The molecule has 0 atom stereocenters. The summed E-state index contributed by atoms with van der Waals surface area (Å²) in [6.07, 6.45) is 0. The van der Waals surface area contributed by atoms with Gasteiger partial charge in [-0.25, -0.2) is 4.98 Å². The van der Waals surface area contributed by atoms with Gasteiger partial charge in [-0.15, -0.1) is 11.3 Å². The number of hydrogen-bond donors (Lipinski definition) is 1. The molecule has 114 valence electrons. The van der Waals surface area contributed by atoms with Crippen molar-refractivity contribution in [1.29, 1.82) is 0 Å². The molecule has 2 aromatic heterocycles. The molecule has 0 bridgehead atoms. The number of hydrogen-bond acceptors (Lipinski definition) is 5. The molecular weight excluding hydrogens is 280 g/mol. The summed E-state index contributed by atoms with van der Waals surface area (Å²) in [6, 6.07) is 6.20. The molecule has 0 aliphatic heterocycles. The van der Waals surface area contributed by atoms with E-state index in [1.54, 1.807) is 11.3 Å². The first-order valence-corrected chi connectivity index (χ1v) is 8.38. The second-order valence-electron chi connectivity index (χ2n) is 5.09. The van der Waals surface area contributed by atoms with E-state index < -0.39 is 0 Å². The standard InChI is InChI=1S/C16H24N4S/c1-4-17-9-16-19-15(12-21-16)11-20(5-2)10-14-8-6-7-13(3)18-14/h6-8,12,17H,4-5,9-11H2,1-3H3. The number of aryl methyl sites for hydroxylation is 1. The zero-order valence-corrected chi connectivity index (χ0v) is 13.9. The molecule has 4 nitrogen and oxygen atoms in total. The summed E-state index contributed by atoms with van der Waals surface area (Å²) in [5, 5.41) is 6.64.